The maximum atomic E-state index is 14.2. The van der Waals surface area contributed by atoms with Crippen LogP contribution in [0.25, 0.3) is 6.08 Å². The molecule has 8 heteroatoms. The summed E-state index contributed by atoms with van der Waals surface area (Å²) in [4.78, 5) is 26.3. The number of benzene rings is 3. The van der Waals surface area contributed by atoms with E-state index in [1.54, 1.807) is 30.3 Å². The summed E-state index contributed by atoms with van der Waals surface area (Å²) in [7, 11) is 0. The van der Waals surface area contributed by atoms with E-state index in [1.807, 2.05) is 13.8 Å². The molecule has 0 atom stereocenters. The zero-order valence-corrected chi connectivity index (χ0v) is 20.1. The highest BCUT2D eigenvalue weighted by Crippen LogP contribution is 2.28. The first kappa shape index (κ1) is 26.4. The molecular weight excluding hydrogens is 466 g/mol. The highest BCUT2D eigenvalue weighted by atomic mass is 19.1. The second-order valence-electron chi connectivity index (χ2n) is 7.82. The van der Waals surface area contributed by atoms with E-state index in [1.165, 1.54) is 42.5 Å². The van der Waals surface area contributed by atoms with Crippen molar-refractivity contribution in [3.05, 3.63) is 89.5 Å². The van der Waals surface area contributed by atoms with Gasteiger partial charge in [0.2, 0.25) is 0 Å². The predicted octanol–water partition coefficient (Wildman–Crippen LogP) is 6.20. The summed E-state index contributed by atoms with van der Waals surface area (Å²) in [6, 6.07) is 16.2. The number of anilines is 2. The molecule has 3 aromatic rings. The van der Waals surface area contributed by atoms with Crippen LogP contribution in [0.4, 0.5) is 20.2 Å². The van der Waals surface area contributed by atoms with Gasteiger partial charge in [-0.1, -0.05) is 38.1 Å². The number of ether oxygens (including phenoxy) is 2. The van der Waals surface area contributed by atoms with Gasteiger partial charge < -0.3 is 20.1 Å². The van der Waals surface area contributed by atoms with Gasteiger partial charge in [0, 0.05) is 11.6 Å². The van der Waals surface area contributed by atoms with Crippen LogP contribution in [0.5, 0.6) is 11.5 Å². The lowest BCUT2D eigenvalue weighted by atomic mass is 10.1. The molecule has 0 aromatic heterocycles. The molecule has 0 saturated carbocycles. The molecule has 0 spiro atoms. The molecule has 0 unspecified atom stereocenters. The second-order valence-corrected chi connectivity index (χ2v) is 7.82. The molecule has 36 heavy (non-hydrogen) atoms. The van der Waals surface area contributed by atoms with Crippen LogP contribution in [-0.4, -0.2) is 25.0 Å². The molecule has 6 nitrogen and oxygen atoms in total. The monoisotopic (exact) mass is 494 g/mol. The van der Waals surface area contributed by atoms with Gasteiger partial charge in [0.05, 0.1) is 24.6 Å². The summed E-state index contributed by atoms with van der Waals surface area (Å²) < 4.78 is 39.9. The lowest BCUT2D eigenvalue weighted by molar-refractivity contribution is -0.118. The Labute approximate surface area is 208 Å². The Kier molecular flexibility index (Phi) is 9.56. The van der Waals surface area contributed by atoms with Gasteiger partial charge in [-0.3, -0.25) is 9.59 Å². The minimum absolute atomic E-state index is 0.0992. The first-order chi connectivity index (χ1) is 17.4. The number of para-hydroxylation sites is 2. The van der Waals surface area contributed by atoms with Crippen LogP contribution in [0.1, 0.15) is 32.3 Å². The summed E-state index contributed by atoms with van der Waals surface area (Å²) in [6.45, 7) is 4.85. The molecule has 2 N–H and O–H groups in total. The number of nitrogens with one attached hydrogen (secondary N) is 2. The smallest absolute Gasteiger partial charge is 0.261 e. The third-order valence-electron chi connectivity index (χ3n) is 4.95. The minimum Gasteiger partial charge on any atom is -0.493 e. The van der Waals surface area contributed by atoms with Crippen molar-refractivity contribution in [3.8, 4) is 11.5 Å². The summed E-state index contributed by atoms with van der Waals surface area (Å²) in [6.07, 6.45) is 2.88. The zero-order valence-electron chi connectivity index (χ0n) is 20.1. The van der Waals surface area contributed by atoms with E-state index in [9.17, 15) is 18.4 Å². The largest absolute Gasteiger partial charge is 0.493 e. The van der Waals surface area contributed by atoms with E-state index in [2.05, 4.69) is 10.6 Å². The van der Waals surface area contributed by atoms with Crippen LogP contribution >= 0.6 is 0 Å². The van der Waals surface area contributed by atoms with Gasteiger partial charge in [-0.2, -0.15) is 0 Å². The summed E-state index contributed by atoms with van der Waals surface area (Å²) in [5, 5.41) is 4.82. The molecule has 3 rings (SSSR count). The Morgan fingerprint density at radius 2 is 1.31 bits per heavy atom. The Hall–Kier alpha value is -4.20. The quantitative estimate of drug-likeness (QED) is 0.189. The number of hydrogen-bond donors (Lipinski definition) is 2. The van der Waals surface area contributed by atoms with Crippen molar-refractivity contribution < 1.29 is 27.8 Å². The van der Waals surface area contributed by atoms with Crippen molar-refractivity contribution >= 4 is 29.3 Å². The van der Waals surface area contributed by atoms with Crippen molar-refractivity contribution in [2.24, 2.45) is 0 Å². The Bertz CT molecular complexity index is 1180. The average Bonchev–Trinajstić information content (AvgIpc) is 2.88. The standard InChI is InChI=1S/C28H28F2N2O4/c1-3-15-35-20-14-13-19(26(18-20)36-16-4-2)17-21(27(33)31-24-11-7-5-9-22(24)29)28(34)32-25-12-8-6-10-23(25)30/h5-14,17-18H,3-4,15-16H2,1-2H3,(H,31,33)(H,32,34). The number of carbonyl (C=O) groups is 2. The molecule has 2 amide bonds. The van der Waals surface area contributed by atoms with Gasteiger partial charge in [0.15, 0.2) is 0 Å². The first-order valence-electron chi connectivity index (χ1n) is 11.7. The van der Waals surface area contributed by atoms with Gasteiger partial charge in [0.25, 0.3) is 11.8 Å². The van der Waals surface area contributed by atoms with Crippen LogP contribution in [0.3, 0.4) is 0 Å². The molecule has 0 fully saturated rings. The normalized spacial score (nSPS) is 10.3. The lowest BCUT2D eigenvalue weighted by Crippen LogP contribution is -2.26. The maximum Gasteiger partial charge on any atom is 0.261 e. The van der Waals surface area contributed by atoms with Crippen molar-refractivity contribution in [2.45, 2.75) is 26.7 Å². The van der Waals surface area contributed by atoms with Crippen LogP contribution in [0.15, 0.2) is 72.3 Å². The summed E-state index contributed by atoms with van der Waals surface area (Å²) in [5.41, 5.74) is -0.143. The summed E-state index contributed by atoms with van der Waals surface area (Å²) in [5.74, 6) is -2.09. The number of carbonyl (C=O) groups excluding carboxylic acids is 2. The van der Waals surface area contributed by atoms with Gasteiger partial charge in [-0.05, 0) is 55.3 Å². The van der Waals surface area contributed by atoms with Crippen LogP contribution in [0, 0.1) is 11.6 Å². The number of amides is 2. The lowest BCUT2D eigenvalue weighted by Gasteiger charge is -2.14. The van der Waals surface area contributed by atoms with E-state index in [4.69, 9.17) is 9.47 Å². The second kappa shape index (κ2) is 13.0. The van der Waals surface area contributed by atoms with E-state index in [0.717, 1.165) is 12.8 Å². The molecule has 188 valence electrons. The van der Waals surface area contributed by atoms with Crippen LogP contribution < -0.4 is 20.1 Å². The number of hydrogen-bond acceptors (Lipinski definition) is 4. The highest BCUT2D eigenvalue weighted by molar-refractivity contribution is 6.29. The number of halogens is 2. The van der Waals surface area contributed by atoms with Gasteiger partial charge >= 0.3 is 0 Å². The van der Waals surface area contributed by atoms with E-state index in [0.29, 0.717) is 30.3 Å². The van der Waals surface area contributed by atoms with Crippen molar-refractivity contribution in [1.82, 2.24) is 0 Å². The van der Waals surface area contributed by atoms with Crippen molar-refractivity contribution in [2.75, 3.05) is 23.8 Å². The highest BCUT2D eigenvalue weighted by Gasteiger charge is 2.22. The molecule has 0 aliphatic heterocycles. The fraction of sp³-hybridized carbons (Fsp3) is 0.214. The topological polar surface area (TPSA) is 76.7 Å². The van der Waals surface area contributed by atoms with Gasteiger partial charge in [0.1, 0.15) is 28.7 Å². The zero-order chi connectivity index (χ0) is 25.9. The third-order valence-corrected chi connectivity index (χ3v) is 4.95. The fourth-order valence-corrected chi connectivity index (χ4v) is 3.17. The van der Waals surface area contributed by atoms with E-state index < -0.39 is 23.4 Å². The number of rotatable bonds is 11. The molecule has 0 heterocycles. The van der Waals surface area contributed by atoms with Gasteiger partial charge in [-0.15, -0.1) is 0 Å². The third kappa shape index (κ3) is 7.15. The Morgan fingerprint density at radius 3 is 1.83 bits per heavy atom. The maximum absolute atomic E-state index is 14.2. The molecule has 0 radical (unpaired) electrons. The molecule has 0 aliphatic carbocycles. The minimum atomic E-state index is -0.873. The van der Waals surface area contributed by atoms with Gasteiger partial charge in [-0.25, -0.2) is 8.78 Å². The van der Waals surface area contributed by atoms with E-state index >= 15 is 0 Å². The molecule has 0 saturated heterocycles. The molecule has 0 aliphatic rings. The summed E-state index contributed by atoms with van der Waals surface area (Å²) >= 11 is 0. The SMILES string of the molecule is CCCOc1ccc(C=C(C(=O)Nc2ccccc2F)C(=O)Nc2ccccc2F)c(OCCC)c1. The van der Waals surface area contributed by atoms with Crippen LogP contribution in [0.2, 0.25) is 0 Å². The Balaban J connectivity index is 2.02. The Morgan fingerprint density at radius 1 is 0.778 bits per heavy atom. The molecular formula is C28H28F2N2O4. The van der Waals surface area contributed by atoms with E-state index in [-0.39, 0.29) is 16.9 Å². The first-order valence-corrected chi connectivity index (χ1v) is 11.7. The average molecular weight is 495 g/mol. The van der Waals surface area contributed by atoms with Crippen molar-refractivity contribution in [3.63, 3.8) is 0 Å². The fourth-order valence-electron chi connectivity index (χ4n) is 3.17. The predicted molar refractivity (Wildman–Crippen MR) is 136 cm³/mol. The molecule has 0 bridgehead atoms. The van der Waals surface area contributed by atoms with Crippen molar-refractivity contribution in [1.29, 1.82) is 0 Å². The molecule has 3 aromatic carbocycles. The van der Waals surface area contributed by atoms with Crippen LogP contribution in [-0.2, 0) is 9.59 Å².